The van der Waals surface area contributed by atoms with Crippen LogP contribution in [0.1, 0.15) is 18.1 Å². The lowest BCUT2D eigenvalue weighted by molar-refractivity contribution is 0.175. The summed E-state index contributed by atoms with van der Waals surface area (Å²) >= 11 is 0. The molecule has 0 aliphatic heterocycles. The monoisotopic (exact) mass is 374 g/mol. The SMILES string of the molecule is C=CCO/N=C(\C)c1c(O)c(C)c(-c2ccccc2)n(-c2ccccc2)c1=O. The van der Waals surface area contributed by atoms with Gasteiger partial charge in [-0.15, -0.1) is 0 Å². The fraction of sp³-hybridized carbons (Fsp3) is 0.130. The summed E-state index contributed by atoms with van der Waals surface area (Å²) in [6.45, 7) is 7.21. The molecular weight excluding hydrogens is 352 g/mol. The molecular formula is C23H22N2O3. The van der Waals surface area contributed by atoms with Gasteiger partial charge in [-0.1, -0.05) is 66.3 Å². The Morgan fingerprint density at radius 1 is 1.14 bits per heavy atom. The van der Waals surface area contributed by atoms with Gasteiger partial charge in [0.15, 0.2) is 0 Å². The van der Waals surface area contributed by atoms with Crippen LogP contribution in [0, 0.1) is 6.92 Å². The van der Waals surface area contributed by atoms with Crippen molar-refractivity contribution in [3.63, 3.8) is 0 Å². The minimum absolute atomic E-state index is 0.0977. The fourth-order valence-electron chi connectivity index (χ4n) is 3.11. The average Bonchev–Trinajstić information content (AvgIpc) is 2.72. The number of aromatic nitrogens is 1. The van der Waals surface area contributed by atoms with Crippen molar-refractivity contribution in [2.45, 2.75) is 13.8 Å². The van der Waals surface area contributed by atoms with Gasteiger partial charge in [0.05, 0.1) is 11.4 Å². The minimum atomic E-state index is -0.364. The smallest absolute Gasteiger partial charge is 0.268 e. The Labute approximate surface area is 163 Å². The van der Waals surface area contributed by atoms with Gasteiger partial charge in [-0.05, 0) is 31.5 Å². The fourth-order valence-corrected chi connectivity index (χ4v) is 3.11. The molecule has 28 heavy (non-hydrogen) atoms. The van der Waals surface area contributed by atoms with Crippen molar-refractivity contribution in [3.8, 4) is 22.7 Å². The van der Waals surface area contributed by atoms with Gasteiger partial charge in [0.25, 0.3) is 5.56 Å². The van der Waals surface area contributed by atoms with Gasteiger partial charge in [0, 0.05) is 11.3 Å². The highest BCUT2D eigenvalue weighted by Gasteiger charge is 2.23. The van der Waals surface area contributed by atoms with Crippen molar-refractivity contribution in [2.75, 3.05) is 6.61 Å². The van der Waals surface area contributed by atoms with Crippen LogP contribution in [0.3, 0.4) is 0 Å². The van der Waals surface area contributed by atoms with Gasteiger partial charge in [0.2, 0.25) is 0 Å². The molecule has 5 heteroatoms. The lowest BCUT2D eigenvalue weighted by Crippen LogP contribution is -2.27. The Morgan fingerprint density at radius 2 is 1.75 bits per heavy atom. The molecule has 0 saturated heterocycles. The molecule has 5 nitrogen and oxygen atoms in total. The molecule has 0 fully saturated rings. The third-order valence-electron chi connectivity index (χ3n) is 4.41. The van der Waals surface area contributed by atoms with E-state index in [-0.39, 0.29) is 23.5 Å². The average molecular weight is 374 g/mol. The number of pyridine rings is 1. The summed E-state index contributed by atoms with van der Waals surface area (Å²) in [6, 6.07) is 18.9. The summed E-state index contributed by atoms with van der Waals surface area (Å²) in [5.41, 5.74) is 2.81. The summed E-state index contributed by atoms with van der Waals surface area (Å²) in [5.74, 6) is -0.0977. The van der Waals surface area contributed by atoms with Crippen molar-refractivity contribution >= 4 is 5.71 Å². The standard InChI is InChI=1S/C23H22N2O3/c1-4-15-28-24-17(3)20-22(26)16(2)21(18-11-7-5-8-12-18)25(23(20)27)19-13-9-6-10-14-19/h4-14,26H,1,15H2,2-3H3/b24-17+. The zero-order valence-electron chi connectivity index (χ0n) is 15.9. The predicted molar refractivity (Wildman–Crippen MR) is 112 cm³/mol. The largest absolute Gasteiger partial charge is 0.507 e. The van der Waals surface area contributed by atoms with E-state index in [9.17, 15) is 9.90 Å². The molecule has 3 rings (SSSR count). The molecule has 0 saturated carbocycles. The van der Waals surface area contributed by atoms with Crippen molar-refractivity contribution in [2.24, 2.45) is 5.16 Å². The predicted octanol–water partition coefficient (Wildman–Crippen LogP) is 4.45. The second-order valence-corrected chi connectivity index (χ2v) is 6.30. The molecule has 3 aromatic rings. The Hall–Kier alpha value is -3.60. The molecule has 0 bridgehead atoms. The van der Waals surface area contributed by atoms with Crippen LogP contribution in [0.5, 0.6) is 5.75 Å². The van der Waals surface area contributed by atoms with E-state index < -0.39 is 0 Å². The van der Waals surface area contributed by atoms with E-state index in [2.05, 4.69) is 11.7 Å². The molecule has 0 aliphatic carbocycles. The van der Waals surface area contributed by atoms with E-state index in [0.29, 0.717) is 22.7 Å². The minimum Gasteiger partial charge on any atom is -0.507 e. The van der Waals surface area contributed by atoms with Crippen LogP contribution in [-0.2, 0) is 4.84 Å². The lowest BCUT2D eigenvalue weighted by Gasteiger charge is -2.19. The van der Waals surface area contributed by atoms with Gasteiger partial charge in [-0.2, -0.15) is 0 Å². The van der Waals surface area contributed by atoms with E-state index in [1.54, 1.807) is 24.5 Å². The van der Waals surface area contributed by atoms with E-state index >= 15 is 0 Å². The van der Waals surface area contributed by atoms with Crippen molar-refractivity contribution < 1.29 is 9.94 Å². The maximum Gasteiger partial charge on any atom is 0.268 e. The normalized spacial score (nSPS) is 11.3. The molecule has 1 aromatic heterocycles. The van der Waals surface area contributed by atoms with Crippen molar-refractivity contribution in [1.29, 1.82) is 0 Å². The van der Waals surface area contributed by atoms with Crippen LogP contribution in [0.2, 0.25) is 0 Å². The quantitative estimate of drug-likeness (QED) is 0.300. The number of rotatable bonds is 6. The van der Waals surface area contributed by atoms with E-state index in [4.69, 9.17) is 4.84 Å². The Morgan fingerprint density at radius 3 is 2.36 bits per heavy atom. The van der Waals surface area contributed by atoms with E-state index in [1.165, 1.54) is 0 Å². The number of hydrogen-bond donors (Lipinski definition) is 1. The first-order chi connectivity index (χ1) is 13.6. The topological polar surface area (TPSA) is 63.8 Å². The molecule has 0 spiro atoms. The first-order valence-corrected chi connectivity index (χ1v) is 8.93. The zero-order valence-corrected chi connectivity index (χ0v) is 15.9. The van der Waals surface area contributed by atoms with Crippen LogP contribution < -0.4 is 5.56 Å². The number of oxime groups is 1. The van der Waals surface area contributed by atoms with Gasteiger partial charge in [0.1, 0.15) is 17.9 Å². The molecule has 2 aromatic carbocycles. The van der Waals surface area contributed by atoms with Crippen LogP contribution in [0.4, 0.5) is 0 Å². The third kappa shape index (κ3) is 3.60. The molecule has 1 N–H and O–H groups in total. The molecule has 0 atom stereocenters. The number of hydrogen-bond acceptors (Lipinski definition) is 4. The van der Waals surface area contributed by atoms with Gasteiger partial charge in [-0.3, -0.25) is 9.36 Å². The maximum absolute atomic E-state index is 13.5. The summed E-state index contributed by atoms with van der Waals surface area (Å²) < 4.78 is 1.60. The van der Waals surface area contributed by atoms with E-state index in [1.807, 2.05) is 60.7 Å². The van der Waals surface area contributed by atoms with Crippen molar-refractivity contribution in [3.05, 3.63) is 94.8 Å². The Bertz CT molecular complexity index is 1070. The molecule has 0 amide bonds. The third-order valence-corrected chi connectivity index (χ3v) is 4.41. The van der Waals surface area contributed by atoms with Crippen LogP contribution in [0.25, 0.3) is 16.9 Å². The van der Waals surface area contributed by atoms with Crippen LogP contribution in [-0.4, -0.2) is 22.0 Å². The Kier molecular flexibility index (Phi) is 5.75. The maximum atomic E-state index is 13.5. The van der Waals surface area contributed by atoms with Crippen LogP contribution >= 0.6 is 0 Å². The highest BCUT2D eigenvalue weighted by atomic mass is 16.6. The van der Waals surface area contributed by atoms with Gasteiger partial charge in [-0.25, -0.2) is 0 Å². The summed E-state index contributed by atoms with van der Waals surface area (Å²) in [6.07, 6.45) is 1.56. The van der Waals surface area contributed by atoms with Crippen LogP contribution in [0.15, 0.2) is 83.3 Å². The highest BCUT2D eigenvalue weighted by Crippen LogP contribution is 2.32. The zero-order chi connectivity index (χ0) is 20.1. The van der Waals surface area contributed by atoms with Gasteiger partial charge < -0.3 is 9.94 Å². The van der Waals surface area contributed by atoms with E-state index in [0.717, 1.165) is 5.56 Å². The summed E-state index contributed by atoms with van der Waals surface area (Å²) in [7, 11) is 0. The first-order valence-electron chi connectivity index (χ1n) is 8.93. The number of nitrogens with zero attached hydrogens (tertiary/aromatic N) is 2. The molecule has 0 unspecified atom stereocenters. The molecule has 142 valence electrons. The lowest BCUT2D eigenvalue weighted by atomic mass is 10.0. The highest BCUT2D eigenvalue weighted by molar-refractivity contribution is 6.01. The first kappa shape index (κ1) is 19.2. The number of para-hydroxylation sites is 1. The molecule has 0 radical (unpaired) electrons. The number of benzene rings is 2. The second-order valence-electron chi connectivity index (χ2n) is 6.30. The molecule has 0 aliphatic rings. The summed E-state index contributed by atoms with van der Waals surface area (Å²) in [5, 5.41) is 14.8. The second kappa shape index (κ2) is 8.39. The Balaban J connectivity index is 2.35. The molecule has 1 heterocycles. The summed E-state index contributed by atoms with van der Waals surface area (Å²) in [4.78, 5) is 18.6. The van der Waals surface area contributed by atoms with Crippen molar-refractivity contribution in [1.82, 2.24) is 4.57 Å². The van der Waals surface area contributed by atoms with Gasteiger partial charge >= 0.3 is 0 Å². The number of aromatic hydroxyl groups is 1.